The van der Waals surface area contributed by atoms with Gasteiger partial charge in [-0.3, -0.25) is 9.59 Å². The van der Waals surface area contributed by atoms with Crippen molar-refractivity contribution in [1.29, 1.82) is 0 Å². The molecule has 1 aromatic carbocycles. The van der Waals surface area contributed by atoms with Crippen LogP contribution >= 0.6 is 0 Å². The maximum Gasteiger partial charge on any atom is 0.226 e. The zero-order valence-corrected chi connectivity index (χ0v) is 15.9. The monoisotopic (exact) mass is 333 g/mol. The standard InChI is InChI=1S/C19H31N3O2/c1-14-12-15(2)19(16(3)13-14)20-18(24)8-11-22(17(4)23)10-7-9-21(5)6/h12-13H,7-11H2,1-6H3,(H,20,24). The predicted molar refractivity (Wildman–Crippen MR) is 99.3 cm³/mol. The van der Waals surface area contributed by atoms with Crippen molar-refractivity contribution in [1.82, 2.24) is 9.80 Å². The average Bonchev–Trinajstić information content (AvgIpc) is 2.45. The molecular formula is C19H31N3O2. The lowest BCUT2D eigenvalue weighted by atomic mass is 10.0. The van der Waals surface area contributed by atoms with Crippen LogP contribution in [-0.2, 0) is 9.59 Å². The number of carbonyl (C=O) groups is 2. The molecule has 5 heteroatoms. The first-order valence-electron chi connectivity index (χ1n) is 8.48. The second-order valence-electron chi connectivity index (χ2n) is 6.73. The van der Waals surface area contributed by atoms with Gasteiger partial charge in [0.1, 0.15) is 0 Å². The summed E-state index contributed by atoms with van der Waals surface area (Å²) in [7, 11) is 4.02. The van der Waals surface area contributed by atoms with Gasteiger partial charge >= 0.3 is 0 Å². The SMILES string of the molecule is CC(=O)N(CCCN(C)C)CCC(=O)Nc1c(C)cc(C)cc1C. The molecule has 1 N–H and O–H groups in total. The van der Waals surface area contributed by atoms with Crippen LogP contribution in [0.1, 0.15) is 36.5 Å². The van der Waals surface area contributed by atoms with E-state index in [0.29, 0.717) is 19.5 Å². The Bertz CT molecular complexity index is 559. The van der Waals surface area contributed by atoms with E-state index in [0.717, 1.165) is 29.8 Å². The Labute approximate surface area is 146 Å². The largest absolute Gasteiger partial charge is 0.342 e. The number of nitrogens with zero attached hydrogens (tertiary/aromatic N) is 2. The third-order valence-corrected chi connectivity index (χ3v) is 4.03. The van der Waals surface area contributed by atoms with Gasteiger partial charge in [0.25, 0.3) is 0 Å². The molecule has 0 aliphatic rings. The van der Waals surface area contributed by atoms with Crippen molar-refractivity contribution < 1.29 is 9.59 Å². The molecular weight excluding hydrogens is 302 g/mol. The molecule has 0 bridgehead atoms. The fourth-order valence-electron chi connectivity index (χ4n) is 2.82. The third kappa shape index (κ3) is 6.71. The van der Waals surface area contributed by atoms with E-state index >= 15 is 0 Å². The Kier molecular flexibility index (Phi) is 7.92. The van der Waals surface area contributed by atoms with E-state index in [2.05, 4.69) is 22.3 Å². The lowest BCUT2D eigenvalue weighted by molar-refractivity contribution is -0.129. The van der Waals surface area contributed by atoms with Gasteiger partial charge in [-0.25, -0.2) is 0 Å². The van der Waals surface area contributed by atoms with Crippen LogP contribution < -0.4 is 5.32 Å². The summed E-state index contributed by atoms with van der Waals surface area (Å²) in [4.78, 5) is 27.8. The molecule has 0 heterocycles. The lowest BCUT2D eigenvalue weighted by Gasteiger charge is -2.22. The number of nitrogens with one attached hydrogen (secondary N) is 1. The molecule has 0 saturated carbocycles. The van der Waals surface area contributed by atoms with Crippen LogP contribution in [0.4, 0.5) is 5.69 Å². The van der Waals surface area contributed by atoms with E-state index in [-0.39, 0.29) is 11.8 Å². The van der Waals surface area contributed by atoms with E-state index in [1.807, 2.05) is 34.9 Å². The summed E-state index contributed by atoms with van der Waals surface area (Å²) in [6.07, 6.45) is 1.22. The molecule has 2 amide bonds. The number of rotatable bonds is 8. The van der Waals surface area contributed by atoms with Crippen LogP contribution in [0, 0.1) is 20.8 Å². The first-order valence-corrected chi connectivity index (χ1v) is 8.48. The highest BCUT2D eigenvalue weighted by Crippen LogP contribution is 2.22. The van der Waals surface area contributed by atoms with E-state index in [4.69, 9.17) is 0 Å². The molecule has 1 aromatic rings. The second kappa shape index (κ2) is 9.42. The molecule has 0 fully saturated rings. The Balaban J connectivity index is 2.56. The molecule has 0 spiro atoms. The zero-order valence-electron chi connectivity index (χ0n) is 15.9. The number of carbonyl (C=O) groups excluding carboxylic acids is 2. The lowest BCUT2D eigenvalue weighted by Crippen LogP contribution is -2.34. The summed E-state index contributed by atoms with van der Waals surface area (Å²) in [5.74, 6) is -0.0341. The van der Waals surface area contributed by atoms with Gasteiger partial charge in [0, 0.05) is 32.1 Å². The molecule has 24 heavy (non-hydrogen) atoms. The van der Waals surface area contributed by atoms with Crippen LogP contribution in [0.5, 0.6) is 0 Å². The first kappa shape index (κ1) is 20.2. The van der Waals surface area contributed by atoms with E-state index < -0.39 is 0 Å². The maximum absolute atomic E-state index is 12.3. The molecule has 0 aromatic heterocycles. The highest BCUT2D eigenvalue weighted by atomic mass is 16.2. The number of aryl methyl sites for hydroxylation is 3. The van der Waals surface area contributed by atoms with Crippen LogP contribution in [-0.4, -0.2) is 55.3 Å². The molecule has 0 aliphatic carbocycles. The van der Waals surface area contributed by atoms with E-state index in [1.165, 1.54) is 5.56 Å². The van der Waals surface area contributed by atoms with E-state index in [1.54, 1.807) is 11.8 Å². The molecule has 1 rings (SSSR count). The summed E-state index contributed by atoms with van der Waals surface area (Å²) in [5.41, 5.74) is 4.20. The van der Waals surface area contributed by atoms with Crippen molar-refractivity contribution in [2.24, 2.45) is 0 Å². The summed E-state index contributed by atoms with van der Waals surface area (Å²) in [6, 6.07) is 4.12. The minimum absolute atomic E-state index is 0.0178. The fourth-order valence-corrected chi connectivity index (χ4v) is 2.82. The number of hydrogen-bond acceptors (Lipinski definition) is 3. The third-order valence-electron chi connectivity index (χ3n) is 4.03. The van der Waals surface area contributed by atoms with Crippen LogP contribution in [0.2, 0.25) is 0 Å². The topological polar surface area (TPSA) is 52.7 Å². The summed E-state index contributed by atoms with van der Waals surface area (Å²) < 4.78 is 0. The predicted octanol–water partition coefficient (Wildman–Crippen LogP) is 2.74. The molecule has 0 radical (unpaired) electrons. The number of anilines is 1. The zero-order chi connectivity index (χ0) is 18.3. The van der Waals surface area contributed by atoms with Gasteiger partial charge in [-0.2, -0.15) is 0 Å². The first-order chi connectivity index (χ1) is 11.2. The Morgan fingerprint density at radius 2 is 1.58 bits per heavy atom. The normalized spacial score (nSPS) is 10.8. The van der Waals surface area contributed by atoms with Gasteiger partial charge in [-0.05, 0) is 59.0 Å². The fraction of sp³-hybridized carbons (Fsp3) is 0.579. The Hall–Kier alpha value is -1.88. The van der Waals surface area contributed by atoms with Gasteiger partial charge in [-0.15, -0.1) is 0 Å². The average molecular weight is 333 g/mol. The molecule has 0 aliphatic heterocycles. The highest BCUT2D eigenvalue weighted by Gasteiger charge is 2.13. The van der Waals surface area contributed by atoms with Gasteiger partial charge in [0.15, 0.2) is 0 Å². The Morgan fingerprint density at radius 1 is 1.00 bits per heavy atom. The van der Waals surface area contributed by atoms with Crippen LogP contribution in [0.3, 0.4) is 0 Å². The number of hydrogen-bond donors (Lipinski definition) is 1. The van der Waals surface area contributed by atoms with Crippen LogP contribution in [0.25, 0.3) is 0 Å². The second-order valence-corrected chi connectivity index (χ2v) is 6.73. The smallest absolute Gasteiger partial charge is 0.226 e. The summed E-state index contributed by atoms with van der Waals surface area (Å²) in [5, 5.41) is 2.99. The van der Waals surface area contributed by atoms with Crippen molar-refractivity contribution >= 4 is 17.5 Å². The van der Waals surface area contributed by atoms with Gasteiger partial charge in [0.2, 0.25) is 11.8 Å². The van der Waals surface area contributed by atoms with E-state index in [9.17, 15) is 9.59 Å². The summed E-state index contributed by atoms with van der Waals surface area (Å²) >= 11 is 0. The summed E-state index contributed by atoms with van der Waals surface area (Å²) in [6.45, 7) is 9.67. The number of amides is 2. The van der Waals surface area contributed by atoms with Gasteiger partial charge in [0.05, 0.1) is 0 Å². The molecule has 0 atom stereocenters. The van der Waals surface area contributed by atoms with Gasteiger partial charge < -0.3 is 15.1 Å². The quantitative estimate of drug-likeness (QED) is 0.796. The van der Waals surface area contributed by atoms with Crippen molar-refractivity contribution in [3.8, 4) is 0 Å². The van der Waals surface area contributed by atoms with Crippen molar-refractivity contribution in [2.75, 3.05) is 39.0 Å². The minimum atomic E-state index is -0.0519. The Morgan fingerprint density at radius 3 is 2.08 bits per heavy atom. The highest BCUT2D eigenvalue weighted by molar-refractivity contribution is 5.92. The van der Waals surface area contributed by atoms with Gasteiger partial charge in [-0.1, -0.05) is 17.7 Å². The van der Waals surface area contributed by atoms with Crippen molar-refractivity contribution in [3.05, 3.63) is 28.8 Å². The maximum atomic E-state index is 12.3. The number of benzene rings is 1. The molecule has 5 nitrogen and oxygen atoms in total. The van der Waals surface area contributed by atoms with Crippen molar-refractivity contribution in [2.45, 2.75) is 40.5 Å². The van der Waals surface area contributed by atoms with Crippen molar-refractivity contribution in [3.63, 3.8) is 0 Å². The minimum Gasteiger partial charge on any atom is -0.342 e. The molecule has 0 saturated heterocycles. The molecule has 134 valence electrons. The van der Waals surface area contributed by atoms with Crippen LogP contribution in [0.15, 0.2) is 12.1 Å². The molecule has 0 unspecified atom stereocenters.